The van der Waals surface area contributed by atoms with Crippen molar-refractivity contribution in [3.8, 4) is 5.69 Å². The molecule has 0 aliphatic carbocycles. The molecular weight excluding hydrogens is 498 g/mol. The smallest absolute Gasteiger partial charge is 0.257 e. The standard InChI is InChI=1S/C25H24BrN5OS/c1-3-4-5-17-6-12-20(13-7-17)31-29-22-14-16(2)21(15-23(22)30-31)27-25(33)28-24(32)18-8-10-19(26)11-9-18/h6-15H,3-5H2,1-2H3,(H2,27,28,32,33). The molecule has 0 unspecified atom stereocenters. The summed E-state index contributed by atoms with van der Waals surface area (Å²) in [5.74, 6) is -0.271. The van der Waals surface area contributed by atoms with Crippen LogP contribution in [0, 0.1) is 6.92 Å². The number of anilines is 1. The normalized spacial score (nSPS) is 10.9. The minimum atomic E-state index is -0.271. The van der Waals surface area contributed by atoms with Gasteiger partial charge in [-0.2, -0.15) is 4.80 Å². The van der Waals surface area contributed by atoms with Gasteiger partial charge in [-0.15, -0.1) is 10.2 Å². The van der Waals surface area contributed by atoms with Gasteiger partial charge in [0, 0.05) is 15.7 Å². The van der Waals surface area contributed by atoms with Crippen LogP contribution in [0.1, 0.15) is 41.3 Å². The summed E-state index contributed by atoms with van der Waals surface area (Å²) in [5, 5.41) is 15.3. The van der Waals surface area contributed by atoms with Gasteiger partial charge in [-0.3, -0.25) is 10.1 Å². The lowest BCUT2D eigenvalue weighted by atomic mass is 10.1. The lowest BCUT2D eigenvalue weighted by Gasteiger charge is -2.11. The second-order valence-corrected chi connectivity index (χ2v) is 9.15. The Kier molecular flexibility index (Phi) is 7.15. The summed E-state index contributed by atoms with van der Waals surface area (Å²) in [6, 6.07) is 19.3. The summed E-state index contributed by atoms with van der Waals surface area (Å²) >= 11 is 8.71. The van der Waals surface area contributed by atoms with Crippen LogP contribution in [-0.4, -0.2) is 26.0 Å². The summed E-state index contributed by atoms with van der Waals surface area (Å²) < 4.78 is 0.907. The molecule has 0 aliphatic rings. The number of aryl methyl sites for hydroxylation is 2. The van der Waals surface area contributed by atoms with Gasteiger partial charge >= 0.3 is 0 Å². The molecule has 1 heterocycles. The van der Waals surface area contributed by atoms with E-state index in [1.807, 2.05) is 43.3 Å². The quantitative estimate of drug-likeness (QED) is 0.306. The predicted octanol–water partition coefficient (Wildman–Crippen LogP) is 5.96. The molecule has 2 N–H and O–H groups in total. The van der Waals surface area contributed by atoms with Gasteiger partial charge < -0.3 is 5.32 Å². The van der Waals surface area contributed by atoms with Crippen LogP contribution in [0.5, 0.6) is 0 Å². The molecule has 0 radical (unpaired) electrons. The maximum absolute atomic E-state index is 12.4. The summed E-state index contributed by atoms with van der Waals surface area (Å²) in [5.41, 5.74) is 6.00. The predicted molar refractivity (Wildman–Crippen MR) is 140 cm³/mol. The third-order valence-corrected chi connectivity index (χ3v) is 6.03. The number of carbonyl (C=O) groups excluding carboxylic acids is 1. The molecule has 0 atom stereocenters. The van der Waals surface area contributed by atoms with E-state index in [9.17, 15) is 4.79 Å². The number of thiocarbonyl (C=S) groups is 1. The second-order valence-electron chi connectivity index (χ2n) is 7.83. The number of halogens is 1. The highest BCUT2D eigenvalue weighted by atomic mass is 79.9. The monoisotopic (exact) mass is 521 g/mol. The fourth-order valence-corrected chi connectivity index (χ4v) is 3.89. The lowest BCUT2D eigenvalue weighted by molar-refractivity contribution is 0.0977. The zero-order valence-electron chi connectivity index (χ0n) is 18.4. The van der Waals surface area contributed by atoms with Gasteiger partial charge in [-0.1, -0.05) is 41.4 Å². The van der Waals surface area contributed by atoms with Crippen LogP contribution in [0.2, 0.25) is 0 Å². The molecule has 1 amide bonds. The first-order valence-corrected chi connectivity index (χ1v) is 12.0. The van der Waals surface area contributed by atoms with Crippen LogP contribution < -0.4 is 10.6 Å². The van der Waals surface area contributed by atoms with Gasteiger partial charge in [0.25, 0.3) is 5.91 Å². The van der Waals surface area contributed by atoms with Crippen LogP contribution in [0.3, 0.4) is 0 Å². The summed E-state index contributed by atoms with van der Waals surface area (Å²) in [6.45, 7) is 4.16. The highest BCUT2D eigenvalue weighted by molar-refractivity contribution is 9.10. The number of aromatic nitrogens is 3. The van der Waals surface area contributed by atoms with Crippen molar-refractivity contribution in [1.29, 1.82) is 0 Å². The van der Waals surface area contributed by atoms with Crippen molar-refractivity contribution in [1.82, 2.24) is 20.3 Å². The van der Waals surface area contributed by atoms with E-state index in [0.29, 0.717) is 5.56 Å². The number of hydrogen-bond acceptors (Lipinski definition) is 4. The number of nitrogens with zero attached hydrogens (tertiary/aromatic N) is 3. The van der Waals surface area contributed by atoms with E-state index in [1.54, 1.807) is 16.9 Å². The minimum Gasteiger partial charge on any atom is -0.332 e. The zero-order chi connectivity index (χ0) is 23.4. The van der Waals surface area contributed by atoms with Gasteiger partial charge in [-0.05, 0) is 91.6 Å². The van der Waals surface area contributed by atoms with Crippen LogP contribution in [0.4, 0.5) is 5.69 Å². The molecule has 33 heavy (non-hydrogen) atoms. The third kappa shape index (κ3) is 5.64. The van der Waals surface area contributed by atoms with Gasteiger partial charge in [0.05, 0.1) is 5.69 Å². The number of rotatable bonds is 6. The topological polar surface area (TPSA) is 71.8 Å². The molecule has 168 valence electrons. The number of unbranched alkanes of at least 4 members (excludes halogenated alkanes) is 1. The molecule has 6 nitrogen and oxygen atoms in total. The number of carbonyl (C=O) groups is 1. The van der Waals surface area contributed by atoms with E-state index >= 15 is 0 Å². The fourth-order valence-electron chi connectivity index (χ4n) is 3.43. The molecule has 1 aromatic heterocycles. The van der Waals surface area contributed by atoms with Crippen molar-refractivity contribution < 1.29 is 4.79 Å². The Morgan fingerprint density at radius 3 is 2.36 bits per heavy atom. The summed E-state index contributed by atoms with van der Waals surface area (Å²) in [7, 11) is 0. The van der Waals surface area contributed by atoms with Crippen molar-refractivity contribution >= 4 is 55.9 Å². The Morgan fingerprint density at radius 2 is 1.70 bits per heavy atom. The molecule has 0 saturated heterocycles. The van der Waals surface area contributed by atoms with E-state index in [-0.39, 0.29) is 11.0 Å². The highest BCUT2D eigenvalue weighted by Crippen LogP contribution is 2.22. The van der Waals surface area contributed by atoms with E-state index in [1.165, 1.54) is 18.4 Å². The Labute approximate surface area is 206 Å². The number of amides is 1. The van der Waals surface area contributed by atoms with Crippen molar-refractivity contribution in [2.75, 3.05) is 5.32 Å². The maximum atomic E-state index is 12.4. The second kappa shape index (κ2) is 10.2. The van der Waals surface area contributed by atoms with Crippen LogP contribution in [0.15, 0.2) is 65.1 Å². The SMILES string of the molecule is CCCCc1ccc(-n2nc3cc(C)c(NC(=S)NC(=O)c4ccc(Br)cc4)cc3n2)cc1. The maximum Gasteiger partial charge on any atom is 0.257 e. The first-order valence-electron chi connectivity index (χ1n) is 10.8. The summed E-state index contributed by atoms with van der Waals surface area (Å²) in [6.07, 6.45) is 3.45. The molecule has 0 saturated carbocycles. The molecule has 0 spiro atoms. The Morgan fingerprint density at radius 1 is 1.03 bits per heavy atom. The highest BCUT2D eigenvalue weighted by Gasteiger charge is 2.12. The largest absolute Gasteiger partial charge is 0.332 e. The Hall–Kier alpha value is -3.10. The Balaban J connectivity index is 1.48. The van der Waals surface area contributed by atoms with Crippen molar-refractivity contribution in [2.45, 2.75) is 33.1 Å². The number of nitrogens with one attached hydrogen (secondary N) is 2. The fraction of sp³-hybridized carbons (Fsp3) is 0.200. The van der Waals surface area contributed by atoms with Crippen molar-refractivity contribution in [3.05, 3.63) is 81.8 Å². The zero-order valence-corrected chi connectivity index (χ0v) is 20.8. The number of hydrogen-bond donors (Lipinski definition) is 2. The van der Waals surface area contributed by atoms with Crippen LogP contribution in [-0.2, 0) is 6.42 Å². The molecule has 0 fully saturated rings. The van der Waals surface area contributed by atoms with Crippen LogP contribution >= 0.6 is 28.1 Å². The van der Waals surface area contributed by atoms with E-state index < -0.39 is 0 Å². The minimum absolute atomic E-state index is 0.223. The van der Waals surface area contributed by atoms with Gasteiger partial charge in [-0.25, -0.2) is 0 Å². The average Bonchev–Trinajstić information content (AvgIpc) is 3.21. The van der Waals surface area contributed by atoms with Crippen molar-refractivity contribution in [2.24, 2.45) is 0 Å². The number of benzene rings is 3. The van der Waals surface area contributed by atoms with Gasteiger partial charge in [0.2, 0.25) is 0 Å². The molecule has 3 aromatic carbocycles. The first-order chi connectivity index (χ1) is 15.9. The molecular formula is C25H24BrN5OS. The van der Waals surface area contributed by atoms with Gasteiger partial charge in [0.15, 0.2) is 5.11 Å². The van der Waals surface area contributed by atoms with E-state index in [0.717, 1.165) is 38.9 Å². The molecule has 0 bridgehead atoms. The molecule has 4 aromatic rings. The first kappa shape index (κ1) is 23.1. The third-order valence-electron chi connectivity index (χ3n) is 5.29. The lowest BCUT2D eigenvalue weighted by Crippen LogP contribution is -2.34. The molecule has 0 aliphatic heterocycles. The summed E-state index contributed by atoms with van der Waals surface area (Å²) in [4.78, 5) is 14.1. The van der Waals surface area contributed by atoms with E-state index in [2.05, 4.69) is 55.8 Å². The Bertz CT molecular complexity index is 1300. The van der Waals surface area contributed by atoms with Crippen molar-refractivity contribution in [3.63, 3.8) is 0 Å². The van der Waals surface area contributed by atoms with Crippen LogP contribution in [0.25, 0.3) is 16.7 Å². The molecule has 4 rings (SSSR count). The van der Waals surface area contributed by atoms with Gasteiger partial charge in [0.1, 0.15) is 11.0 Å². The van der Waals surface area contributed by atoms with E-state index in [4.69, 9.17) is 12.2 Å². The number of fused-ring (bicyclic) bond motifs is 1. The average molecular weight is 522 g/mol. The molecule has 8 heteroatoms.